The number of aryl methyl sites for hydroxylation is 1. The molecule has 3 aromatic carbocycles. The van der Waals surface area contributed by atoms with E-state index in [1.807, 2.05) is 54.1 Å². The van der Waals surface area contributed by atoms with E-state index in [9.17, 15) is 13.2 Å². The van der Waals surface area contributed by atoms with E-state index in [1.165, 1.54) is 17.7 Å². The van der Waals surface area contributed by atoms with E-state index in [-0.39, 0.29) is 6.54 Å². The van der Waals surface area contributed by atoms with Gasteiger partial charge in [-0.3, -0.25) is 0 Å². The molecule has 0 saturated carbocycles. The highest BCUT2D eigenvalue weighted by molar-refractivity contribution is 5.93. The maximum atomic E-state index is 13.0. The molecule has 0 radical (unpaired) electrons. The maximum Gasteiger partial charge on any atom is 0.416 e. The Morgan fingerprint density at radius 1 is 1.06 bits per heavy atom. The molecule has 5 rings (SSSR count). The van der Waals surface area contributed by atoms with Crippen molar-refractivity contribution in [2.24, 2.45) is 0 Å². The van der Waals surface area contributed by atoms with Crippen LogP contribution < -0.4 is 5.32 Å². The molecule has 1 aliphatic heterocycles. The van der Waals surface area contributed by atoms with Gasteiger partial charge in [-0.15, -0.1) is 0 Å². The standard InChI is InChI=1S/C25H20F3N3O/c1-16-8-10-19(11-9-16)31-22-7-3-6-20(21(22)14-30-31)24(23-15-32-23)29-13-17-4-2-5-18(12-17)25(26,27)28/h2-12,14,29H,13,15H2,1H3/b24-23+. The molecule has 162 valence electrons. The summed E-state index contributed by atoms with van der Waals surface area (Å²) in [4.78, 5) is 0. The topological polar surface area (TPSA) is 42.4 Å². The van der Waals surface area contributed by atoms with Crippen molar-refractivity contribution in [2.75, 3.05) is 6.61 Å². The van der Waals surface area contributed by atoms with Crippen molar-refractivity contribution in [2.45, 2.75) is 19.6 Å². The first-order valence-electron chi connectivity index (χ1n) is 10.2. The fraction of sp³-hybridized carbons (Fsp3) is 0.160. The first kappa shape index (κ1) is 20.2. The summed E-state index contributed by atoms with van der Waals surface area (Å²) in [6.45, 7) is 2.77. The van der Waals surface area contributed by atoms with E-state index in [4.69, 9.17) is 4.74 Å². The third kappa shape index (κ3) is 3.93. The summed E-state index contributed by atoms with van der Waals surface area (Å²) < 4.78 is 46.5. The largest absolute Gasteiger partial charge is 0.484 e. The van der Waals surface area contributed by atoms with Gasteiger partial charge in [0.05, 0.1) is 28.7 Å². The van der Waals surface area contributed by atoms with Crippen LogP contribution in [-0.4, -0.2) is 16.4 Å². The number of benzene rings is 3. The lowest BCUT2D eigenvalue weighted by atomic mass is 10.1. The first-order chi connectivity index (χ1) is 15.4. The Labute approximate surface area is 182 Å². The van der Waals surface area contributed by atoms with E-state index in [2.05, 4.69) is 10.4 Å². The molecule has 7 heteroatoms. The molecular weight excluding hydrogens is 415 g/mol. The van der Waals surface area contributed by atoms with E-state index in [0.717, 1.165) is 39.7 Å². The van der Waals surface area contributed by atoms with Crippen molar-refractivity contribution in [1.29, 1.82) is 0 Å². The molecule has 1 fully saturated rings. The highest BCUT2D eigenvalue weighted by Crippen LogP contribution is 2.33. The van der Waals surface area contributed by atoms with Gasteiger partial charge in [-0.1, -0.05) is 42.0 Å². The van der Waals surface area contributed by atoms with Gasteiger partial charge in [-0.2, -0.15) is 18.3 Å². The molecule has 1 N–H and O–H groups in total. The van der Waals surface area contributed by atoms with Crippen molar-refractivity contribution >= 4 is 16.6 Å². The molecule has 1 aromatic heterocycles. The van der Waals surface area contributed by atoms with Gasteiger partial charge in [0.1, 0.15) is 6.61 Å². The summed E-state index contributed by atoms with van der Waals surface area (Å²) in [6, 6.07) is 19.4. The van der Waals surface area contributed by atoms with Crippen molar-refractivity contribution in [3.63, 3.8) is 0 Å². The molecule has 0 bridgehead atoms. The minimum atomic E-state index is -4.37. The number of nitrogens with one attached hydrogen (secondary N) is 1. The Morgan fingerprint density at radius 3 is 2.53 bits per heavy atom. The van der Waals surface area contributed by atoms with Crippen LogP contribution in [0.25, 0.3) is 22.3 Å². The van der Waals surface area contributed by atoms with Crippen molar-refractivity contribution < 1.29 is 17.9 Å². The SMILES string of the molecule is Cc1ccc(-n2ncc3c(/C(NCc4cccc(C(F)(F)F)c4)=C4/CO4)cccc32)cc1. The summed E-state index contributed by atoms with van der Waals surface area (Å²) in [5, 5.41) is 8.80. The fourth-order valence-electron chi connectivity index (χ4n) is 3.73. The van der Waals surface area contributed by atoms with Crippen LogP contribution in [0.3, 0.4) is 0 Å². The first-order valence-corrected chi connectivity index (χ1v) is 10.2. The average Bonchev–Trinajstić information content (AvgIpc) is 3.52. The number of halogens is 3. The molecule has 4 nitrogen and oxygen atoms in total. The summed E-state index contributed by atoms with van der Waals surface area (Å²) in [5.74, 6) is 0.785. The molecule has 2 heterocycles. The predicted octanol–water partition coefficient (Wildman–Crippen LogP) is 5.84. The number of aromatic nitrogens is 2. The number of epoxide rings is 1. The second kappa shape index (κ2) is 7.75. The molecule has 0 unspecified atom stereocenters. The summed E-state index contributed by atoms with van der Waals surface area (Å²) in [6.07, 6.45) is -2.56. The molecule has 0 spiro atoms. The van der Waals surface area contributed by atoms with Crippen molar-refractivity contribution in [1.82, 2.24) is 15.1 Å². The Bertz CT molecular complexity index is 1310. The highest BCUT2D eigenvalue weighted by Gasteiger charge is 2.30. The number of hydrogen-bond donors (Lipinski definition) is 1. The van der Waals surface area contributed by atoms with Crippen LogP contribution in [0, 0.1) is 6.92 Å². The molecular formula is C25H20F3N3O. The third-order valence-electron chi connectivity index (χ3n) is 5.45. The number of nitrogens with zero attached hydrogens (tertiary/aromatic N) is 2. The van der Waals surface area contributed by atoms with E-state index in [1.54, 1.807) is 12.3 Å². The Hall–Kier alpha value is -3.74. The third-order valence-corrected chi connectivity index (χ3v) is 5.45. The molecule has 0 amide bonds. The van der Waals surface area contributed by atoms with Crippen LogP contribution in [0.15, 0.2) is 78.7 Å². The second-order valence-corrected chi connectivity index (χ2v) is 7.77. The number of fused-ring (bicyclic) bond motifs is 1. The van der Waals surface area contributed by atoms with E-state index in [0.29, 0.717) is 12.2 Å². The summed E-state index contributed by atoms with van der Waals surface area (Å²) in [5.41, 5.74) is 4.62. The predicted molar refractivity (Wildman–Crippen MR) is 117 cm³/mol. The van der Waals surface area contributed by atoms with Crippen molar-refractivity contribution in [3.8, 4) is 5.69 Å². The summed E-state index contributed by atoms with van der Waals surface area (Å²) >= 11 is 0. The van der Waals surface area contributed by atoms with Gasteiger partial charge < -0.3 is 10.1 Å². The summed E-state index contributed by atoms with van der Waals surface area (Å²) in [7, 11) is 0. The van der Waals surface area contributed by atoms with Gasteiger partial charge in [0.25, 0.3) is 0 Å². The molecule has 1 aliphatic rings. The van der Waals surface area contributed by atoms with Crippen LogP contribution >= 0.6 is 0 Å². The number of rotatable bonds is 5. The lowest BCUT2D eigenvalue weighted by Crippen LogP contribution is -2.14. The quantitative estimate of drug-likeness (QED) is 0.401. The maximum absolute atomic E-state index is 13.0. The Morgan fingerprint density at radius 2 is 1.81 bits per heavy atom. The van der Waals surface area contributed by atoms with Gasteiger partial charge in [0.2, 0.25) is 0 Å². The molecule has 32 heavy (non-hydrogen) atoms. The van der Waals surface area contributed by atoms with Crippen LogP contribution in [-0.2, 0) is 17.5 Å². The zero-order valence-electron chi connectivity index (χ0n) is 17.3. The van der Waals surface area contributed by atoms with Crippen LogP contribution in [0.4, 0.5) is 13.2 Å². The van der Waals surface area contributed by atoms with Crippen LogP contribution in [0.1, 0.15) is 22.3 Å². The zero-order chi connectivity index (χ0) is 22.3. The normalized spacial score (nSPS) is 14.9. The van der Waals surface area contributed by atoms with Gasteiger partial charge >= 0.3 is 6.18 Å². The fourth-order valence-corrected chi connectivity index (χ4v) is 3.73. The van der Waals surface area contributed by atoms with Crippen LogP contribution in [0.5, 0.6) is 0 Å². The molecule has 0 atom stereocenters. The minimum absolute atomic E-state index is 0.245. The van der Waals surface area contributed by atoms with E-state index < -0.39 is 11.7 Å². The van der Waals surface area contributed by atoms with Gasteiger partial charge in [0, 0.05) is 17.5 Å². The smallest absolute Gasteiger partial charge is 0.416 e. The van der Waals surface area contributed by atoms with Gasteiger partial charge in [0.15, 0.2) is 5.76 Å². The average molecular weight is 435 g/mol. The van der Waals surface area contributed by atoms with Crippen molar-refractivity contribution in [3.05, 3.63) is 101 Å². The monoisotopic (exact) mass is 435 g/mol. The molecule has 1 saturated heterocycles. The highest BCUT2D eigenvalue weighted by atomic mass is 19.4. The van der Waals surface area contributed by atoms with Gasteiger partial charge in [-0.05, 0) is 42.8 Å². The zero-order valence-corrected chi connectivity index (χ0v) is 17.3. The number of ether oxygens (including phenoxy) is 1. The molecule has 0 aliphatic carbocycles. The Balaban J connectivity index is 1.47. The molecule has 4 aromatic rings. The lowest BCUT2D eigenvalue weighted by molar-refractivity contribution is -0.137. The number of alkyl halides is 3. The van der Waals surface area contributed by atoms with E-state index >= 15 is 0 Å². The second-order valence-electron chi connectivity index (χ2n) is 7.77. The van der Waals surface area contributed by atoms with Crippen LogP contribution in [0.2, 0.25) is 0 Å². The number of hydrogen-bond acceptors (Lipinski definition) is 3. The Kier molecular flexibility index (Phi) is 4.89. The lowest BCUT2D eigenvalue weighted by Gasteiger charge is -2.13. The minimum Gasteiger partial charge on any atom is -0.484 e. The van der Waals surface area contributed by atoms with Gasteiger partial charge in [-0.25, -0.2) is 4.68 Å².